The van der Waals surface area contributed by atoms with Crippen LogP contribution in [0.3, 0.4) is 0 Å². The lowest BCUT2D eigenvalue weighted by Crippen LogP contribution is -2.46. The minimum atomic E-state index is -2.00. The van der Waals surface area contributed by atoms with E-state index in [0.717, 1.165) is 54.4 Å². The van der Waals surface area contributed by atoms with E-state index in [0.29, 0.717) is 17.6 Å². The van der Waals surface area contributed by atoms with Gasteiger partial charge in [-0.1, -0.05) is 6.07 Å². The Labute approximate surface area is 244 Å². The van der Waals surface area contributed by atoms with Gasteiger partial charge < -0.3 is 14.9 Å². The quantitative estimate of drug-likeness (QED) is 0.296. The first-order chi connectivity index (χ1) is 20.7. The molecule has 6 rings (SSSR count). The number of hydrogen-bond donors (Lipinski definition) is 1. The normalized spacial score (nSPS) is 15.1. The Morgan fingerprint density at radius 1 is 0.814 bits per heavy atom. The summed E-state index contributed by atoms with van der Waals surface area (Å²) >= 11 is 0. The third-order valence-corrected chi connectivity index (χ3v) is 7.68. The lowest BCUT2D eigenvalue weighted by Gasteiger charge is -2.37. The molecule has 43 heavy (non-hydrogen) atoms. The van der Waals surface area contributed by atoms with Gasteiger partial charge >= 0.3 is 5.69 Å². The molecule has 222 valence electrons. The smallest absolute Gasteiger partial charge is 0.350 e. The zero-order valence-corrected chi connectivity index (χ0v) is 23.3. The zero-order valence-electron chi connectivity index (χ0n) is 23.3. The molecule has 1 aliphatic heterocycles. The third-order valence-electron chi connectivity index (χ3n) is 7.68. The second-order valence-electron chi connectivity index (χ2n) is 10.5. The number of aromatic nitrogens is 6. The minimum Gasteiger partial charge on any atom is -0.381 e. The van der Waals surface area contributed by atoms with Gasteiger partial charge in [0.1, 0.15) is 41.5 Å². The van der Waals surface area contributed by atoms with Gasteiger partial charge in [0.05, 0.1) is 18.8 Å². The van der Waals surface area contributed by atoms with Crippen molar-refractivity contribution < 1.29 is 18.3 Å². The van der Waals surface area contributed by atoms with Crippen molar-refractivity contribution in [3.63, 3.8) is 0 Å². The van der Waals surface area contributed by atoms with Crippen molar-refractivity contribution in [3.8, 4) is 5.69 Å². The van der Waals surface area contributed by atoms with Crippen molar-refractivity contribution in [2.24, 2.45) is 0 Å². The molecule has 1 saturated heterocycles. The molecule has 0 aliphatic carbocycles. The Balaban J connectivity index is 1.22. The summed E-state index contributed by atoms with van der Waals surface area (Å²) < 4.78 is 45.6. The van der Waals surface area contributed by atoms with E-state index >= 15 is 0 Å². The van der Waals surface area contributed by atoms with E-state index in [1.54, 1.807) is 19.1 Å². The molecule has 0 radical (unpaired) electrons. The van der Waals surface area contributed by atoms with E-state index in [2.05, 4.69) is 25.0 Å². The average Bonchev–Trinajstić information content (AvgIpc) is 3.60. The Hall–Kier alpha value is -4.91. The Bertz CT molecular complexity index is 1760. The number of nitrogens with zero attached hydrogens (tertiary/aromatic N) is 8. The molecule has 1 fully saturated rings. The van der Waals surface area contributed by atoms with E-state index in [-0.39, 0.29) is 17.9 Å². The van der Waals surface area contributed by atoms with Gasteiger partial charge in [0.2, 0.25) is 0 Å². The van der Waals surface area contributed by atoms with Crippen LogP contribution in [0, 0.1) is 24.4 Å². The highest BCUT2D eigenvalue weighted by atomic mass is 19.1. The fourth-order valence-electron chi connectivity index (χ4n) is 5.52. The van der Waals surface area contributed by atoms with Crippen LogP contribution in [0.1, 0.15) is 11.4 Å². The molecule has 1 atom stereocenters. The van der Waals surface area contributed by atoms with Gasteiger partial charge in [0, 0.05) is 49.2 Å². The van der Waals surface area contributed by atoms with E-state index in [1.807, 2.05) is 24.3 Å². The molecule has 1 unspecified atom stereocenters. The summed E-state index contributed by atoms with van der Waals surface area (Å²) in [5, 5.41) is 20.0. The zero-order chi connectivity index (χ0) is 30.1. The molecule has 5 aromatic rings. The van der Waals surface area contributed by atoms with Gasteiger partial charge in [-0.05, 0) is 61.5 Å². The number of hydrogen-bond acceptors (Lipinski definition) is 7. The molecule has 2 aromatic heterocycles. The van der Waals surface area contributed by atoms with Crippen molar-refractivity contribution in [1.29, 1.82) is 0 Å². The highest BCUT2D eigenvalue weighted by Crippen LogP contribution is 2.28. The fourth-order valence-corrected chi connectivity index (χ4v) is 5.52. The molecule has 1 aliphatic rings. The van der Waals surface area contributed by atoms with Gasteiger partial charge in [-0.2, -0.15) is 10.2 Å². The molecular weight excluding hydrogens is 561 g/mol. The van der Waals surface area contributed by atoms with Gasteiger partial charge in [0.25, 0.3) is 0 Å². The van der Waals surface area contributed by atoms with Crippen LogP contribution in [0.2, 0.25) is 0 Å². The lowest BCUT2D eigenvalue weighted by atomic mass is 9.93. The van der Waals surface area contributed by atoms with Crippen LogP contribution in [-0.4, -0.2) is 60.4 Å². The second-order valence-corrected chi connectivity index (χ2v) is 10.5. The predicted octanol–water partition coefficient (Wildman–Crippen LogP) is 3.27. The first kappa shape index (κ1) is 28.2. The number of piperazine rings is 1. The Morgan fingerprint density at radius 2 is 1.40 bits per heavy atom. The number of aryl methyl sites for hydroxylation is 1. The maximum Gasteiger partial charge on any atom is 0.350 e. The molecule has 0 amide bonds. The predicted molar refractivity (Wildman–Crippen MR) is 154 cm³/mol. The third kappa shape index (κ3) is 5.75. The summed E-state index contributed by atoms with van der Waals surface area (Å²) in [5.41, 5.74) is -0.172. The van der Waals surface area contributed by atoms with Crippen molar-refractivity contribution in [3.05, 3.63) is 119 Å². The van der Waals surface area contributed by atoms with Crippen LogP contribution >= 0.6 is 0 Å². The van der Waals surface area contributed by atoms with Crippen LogP contribution in [0.15, 0.2) is 84.2 Å². The molecular formula is C30H29F3N8O2. The highest BCUT2D eigenvalue weighted by molar-refractivity contribution is 5.54. The van der Waals surface area contributed by atoms with Crippen LogP contribution in [0.5, 0.6) is 0 Å². The van der Waals surface area contributed by atoms with E-state index < -0.39 is 29.5 Å². The largest absolute Gasteiger partial charge is 0.381 e. The van der Waals surface area contributed by atoms with Crippen molar-refractivity contribution in [2.75, 3.05) is 36.0 Å². The first-order valence-electron chi connectivity index (χ1n) is 13.7. The molecule has 0 spiro atoms. The van der Waals surface area contributed by atoms with Gasteiger partial charge in [-0.3, -0.25) is 0 Å². The van der Waals surface area contributed by atoms with Gasteiger partial charge in [-0.25, -0.2) is 36.9 Å². The minimum absolute atomic E-state index is 0.201. The maximum atomic E-state index is 14.9. The maximum absolute atomic E-state index is 14.9. The number of rotatable bonds is 8. The second kappa shape index (κ2) is 11.4. The van der Waals surface area contributed by atoms with Crippen LogP contribution < -0.4 is 15.5 Å². The van der Waals surface area contributed by atoms with Crippen molar-refractivity contribution in [2.45, 2.75) is 25.6 Å². The van der Waals surface area contributed by atoms with E-state index in [4.69, 9.17) is 0 Å². The molecule has 0 saturated carbocycles. The first-order valence-corrected chi connectivity index (χ1v) is 13.7. The number of halogens is 3. The SMILES string of the molecule is Cc1nn(CC(O)(Cn2cncn2)c2ccc(F)cc2F)c(=O)n1-c1ccc(N2CCN(c3ccc(F)cc3)CC2)cc1. The summed E-state index contributed by atoms with van der Waals surface area (Å²) in [6, 6.07) is 16.9. The van der Waals surface area contributed by atoms with Gasteiger partial charge in [0.15, 0.2) is 0 Å². The summed E-state index contributed by atoms with van der Waals surface area (Å²) in [6.07, 6.45) is 2.62. The molecule has 3 heterocycles. The van der Waals surface area contributed by atoms with Crippen molar-refractivity contribution in [1.82, 2.24) is 29.1 Å². The topological polar surface area (TPSA) is 97.2 Å². The monoisotopic (exact) mass is 590 g/mol. The lowest BCUT2D eigenvalue weighted by molar-refractivity contribution is -0.00952. The fraction of sp³-hybridized carbons (Fsp3) is 0.267. The number of anilines is 2. The summed E-state index contributed by atoms with van der Waals surface area (Å²) in [6.45, 7) is 4.11. The van der Waals surface area contributed by atoms with Crippen molar-refractivity contribution >= 4 is 11.4 Å². The summed E-state index contributed by atoms with van der Waals surface area (Å²) in [7, 11) is 0. The van der Waals surface area contributed by atoms with Crippen LogP contribution in [0.4, 0.5) is 24.5 Å². The Morgan fingerprint density at radius 3 is 1.98 bits per heavy atom. The van der Waals surface area contributed by atoms with Crippen LogP contribution in [-0.2, 0) is 18.7 Å². The molecule has 0 bridgehead atoms. The highest BCUT2D eigenvalue weighted by Gasteiger charge is 2.36. The number of benzene rings is 3. The number of aliphatic hydroxyl groups is 1. The summed E-state index contributed by atoms with van der Waals surface area (Å²) in [5.74, 6) is -1.64. The average molecular weight is 591 g/mol. The molecule has 3 aromatic carbocycles. The Kier molecular flexibility index (Phi) is 7.48. The molecule has 10 nitrogen and oxygen atoms in total. The molecule has 13 heteroatoms. The summed E-state index contributed by atoms with van der Waals surface area (Å²) in [4.78, 5) is 21.9. The van der Waals surface area contributed by atoms with Crippen LogP contribution in [0.25, 0.3) is 5.69 Å². The van der Waals surface area contributed by atoms with Gasteiger partial charge in [-0.15, -0.1) is 0 Å². The standard InChI is InChI=1S/C30H29F3N8O2/c1-21-36-40(18-30(43,17-39-20-34-19-35-39)27-11-4-23(32)16-28(27)33)29(42)41(21)26-9-7-25(8-10-26)38-14-12-37(13-15-38)24-5-2-22(31)3-6-24/h2-11,16,19-20,43H,12-15,17-18H2,1H3. The molecule has 1 N–H and O–H groups in total. The van der Waals surface area contributed by atoms with E-state index in [9.17, 15) is 23.1 Å². The van der Waals surface area contributed by atoms with E-state index in [1.165, 1.54) is 34.0 Å².